The minimum atomic E-state index is -0.213. The molecule has 0 radical (unpaired) electrons. The van der Waals surface area contributed by atoms with Gasteiger partial charge in [-0.15, -0.1) is 23.2 Å². The highest BCUT2D eigenvalue weighted by atomic mass is 35.5. The summed E-state index contributed by atoms with van der Waals surface area (Å²) in [4.78, 5) is 10.7. The van der Waals surface area contributed by atoms with E-state index < -0.39 is 0 Å². The molecule has 0 saturated carbocycles. The third kappa shape index (κ3) is 3.43. The van der Waals surface area contributed by atoms with Crippen molar-refractivity contribution < 1.29 is 4.79 Å². The van der Waals surface area contributed by atoms with E-state index >= 15 is 0 Å². The quantitative estimate of drug-likeness (QED) is 0.611. The van der Waals surface area contributed by atoms with Crippen molar-refractivity contribution >= 4 is 29.0 Å². The Labute approximate surface area is 71.7 Å². The van der Waals surface area contributed by atoms with Crippen molar-refractivity contribution in [2.45, 2.75) is 20.3 Å². The summed E-state index contributed by atoms with van der Waals surface area (Å²) in [5.74, 6) is 1.02. The standard InChI is InChI=1S/C7H12Cl2O/c1-6(10)3-7(2,4-8)5-9/h3-5H2,1-2H3. The highest BCUT2D eigenvalue weighted by Crippen LogP contribution is 2.24. The van der Waals surface area contributed by atoms with E-state index in [9.17, 15) is 4.79 Å². The van der Waals surface area contributed by atoms with Crippen LogP contribution in [0.1, 0.15) is 20.3 Å². The Morgan fingerprint density at radius 3 is 1.90 bits per heavy atom. The van der Waals surface area contributed by atoms with Crippen LogP contribution in [0.25, 0.3) is 0 Å². The van der Waals surface area contributed by atoms with Crippen LogP contribution in [0.3, 0.4) is 0 Å². The van der Waals surface area contributed by atoms with E-state index in [4.69, 9.17) is 23.2 Å². The zero-order valence-electron chi connectivity index (χ0n) is 6.29. The SMILES string of the molecule is CC(=O)CC(C)(CCl)CCl. The van der Waals surface area contributed by atoms with Gasteiger partial charge in [0.25, 0.3) is 0 Å². The molecule has 0 aromatic heterocycles. The second-order valence-electron chi connectivity index (χ2n) is 2.96. The molecule has 0 amide bonds. The number of alkyl halides is 2. The van der Waals surface area contributed by atoms with Gasteiger partial charge < -0.3 is 4.79 Å². The van der Waals surface area contributed by atoms with E-state index in [1.165, 1.54) is 0 Å². The van der Waals surface area contributed by atoms with Crippen molar-refractivity contribution in [3.8, 4) is 0 Å². The van der Waals surface area contributed by atoms with Gasteiger partial charge in [-0.3, -0.25) is 0 Å². The summed E-state index contributed by atoms with van der Waals surface area (Å²) in [6, 6.07) is 0. The van der Waals surface area contributed by atoms with Crippen molar-refractivity contribution in [1.29, 1.82) is 0 Å². The summed E-state index contributed by atoms with van der Waals surface area (Å²) in [5, 5.41) is 0. The van der Waals surface area contributed by atoms with Crippen molar-refractivity contribution in [3.63, 3.8) is 0 Å². The van der Waals surface area contributed by atoms with Crippen molar-refractivity contribution in [1.82, 2.24) is 0 Å². The van der Waals surface area contributed by atoms with Crippen LogP contribution in [0.5, 0.6) is 0 Å². The summed E-state index contributed by atoms with van der Waals surface area (Å²) in [6.07, 6.45) is 0.472. The first-order chi connectivity index (χ1) is 4.54. The molecular formula is C7H12Cl2O. The van der Waals surface area contributed by atoms with Crippen LogP contribution in [0, 0.1) is 5.41 Å². The molecule has 0 fully saturated rings. The lowest BCUT2D eigenvalue weighted by Crippen LogP contribution is -2.23. The first kappa shape index (κ1) is 10.2. The molecule has 0 unspecified atom stereocenters. The fourth-order valence-electron chi connectivity index (χ4n) is 0.731. The van der Waals surface area contributed by atoms with E-state index in [-0.39, 0.29) is 11.2 Å². The lowest BCUT2D eigenvalue weighted by atomic mass is 9.90. The molecule has 1 nitrogen and oxygen atoms in total. The average Bonchev–Trinajstić information content (AvgIpc) is 1.87. The second kappa shape index (κ2) is 4.20. The van der Waals surface area contributed by atoms with E-state index in [2.05, 4.69) is 0 Å². The zero-order valence-corrected chi connectivity index (χ0v) is 7.80. The molecular weight excluding hydrogens is 171 g/mol. The number of rotatable bonds is 4. The van der Waals surface area contributed by atoms with Crippen LogP contribution in [0.2, 0.25) is 0 Å². The third-order valence-electron chi connectivity index (χ3n) is 1.32. The molecule has 0 aromatic carbocycles. The number of carbonyl (C=O) groups excluding carboxylic acids is 1. The average molecular weight is 183 g/mol. The van der Waals surface area contributed by atoms with E-state index in [0.29, 0.717) is 18.2 Å². The summed E-state index contributed by atoms with van der Waals surface area (Å²) >= 11 is 11.2. The zero-order chi connectivity index (χ0) is 8.20. The van der Waals surface area contributed by atoms with Crippen LogP contribution >= 0.6 is 23.2 Å². The lowest BCUT2D eigenvalue weighted by Gasteiger charge is -2.21. The summed E-state index contributed by atoms with van der Waals surface area (Å²) in [7, 11) is 0. The van der Waals surface area contributed by atoms with Gasteiger partial charge in [-0.1, -0.05) is 6.92 Å². The van der Waals surface area contributed by atoms with Gasteiger partial charge >= 0.3 is 0 Å². The minimum absolute atomic E-state index is 0.142. The normalized spacial score (nSPS) is 11.6. The number of halogens is 2. The Bertz CT molecular complexity index is 119. The number of hydrogen-bond donors (Lipinski definition) is 0. The first-order valence-corrected chi connectivity index (χ1v) is 4.22. The van der Waals surface area contributed by atoms with Crippen LogP contribution in [0.15, 0.2) is 0 Å². The maximum Gasteiger partial charge on any atom is 0.130 e. The highest BCUT2D eigenvalue weighted by Gasteiger charge is 2.23. The summed E-state index contributed by atoms with van der Waals surface area (Å²) in [5.41, 5.74) is -0.213. The Balaban J connectivity index is 3.92. The second-order valence-corrected chi connectivity index (χ2v) is 3.49. The molecule has 0 heterocycles. The number of hydrogen-bond acceptors (Lipinski definition) is 1. The van der Waals surface area contributed by atoms with Gasteiger partial charge in [-0.05, 0) is 6.92 Å². The van der Waals surface area contributed by atoms with Crippen molar-refractivity contribution in [2.24, 2.45) is 5.41 Å². The van der Waals surface area contributed by atoms with Gasteiger partial charge in [0.15, 0.2) is 0 Å². The van der Waals surface area contributed by atoms with E-state index in [1.807, 2.05) is 6.92 Å². The highest BCUT2D eigenvalue weighted by molar-refractivity contribution is 6.21. The molecule has 0 rings (SSSR count). The summed E-state index contributed by atoms with van der Waals surface area (Å²) in [6.45, 7) is 3.46. The third-order valence-corrected chi connectivity index (χ3v) is 2.61. The Morgan fingerprint density at radius 1 is 1.40 bits per heavy atom. The largest absolute Gasteiger partial charge is 0.300 e. The fraction of sp³-hybridized carbons (Fsp3) is 0.857. The van der Waals surface area contributed by atoms with Crippen LogP contribution < -0.4 is 0 Å². The maximum absolute atomic E-state index is 10.7. The molecule has 0 aromatic rings. The van der Waals surface area contributed by atoms with Gasteiger partial charge in [-0.2, -0.15) is 0 Å². The molecule has 0 atom stereocenters. The lowest BCUT2D eigenvalue weighted by molar-refractivity contribution is -0.118. The van der Waals surface area contributed by atoms with Crippen LogP contribution in [-0.4, -0.2) is 17.5 Å². The maximum atomic E-state index is 10.7. The number of carbonyl (C=O) groups is 1. The molecule has 10 heavy (non-hydrogen) atoms. The number of ketones is 1. The van der Waals surface area contributed by atoms with E-state index in [1.54, 1.807) is 6.92 Å². The van der Waals surface area contributed by atoms with Crippen LogP contribution in [-0.2, 0) is 4.79 Å². The Kier molecular flexibility index (Phi) is 4.30. The Morgan fingerprint density at radius 2 is 1.80 bits per heavy atom. The molecule has 3 heteroatoms. The van der Waals surface area contributed by atoms with Crippen molar-refractivity contribution in [2.75, 3.05) is 11.8 Å². The molecule has 0 N–H and O–H groups in total. The van der Waals surface area contributed by atoms with Gasteiger partial charge in [-0.25, -0.2) is 0 Å². The predicted octanol–water partition coefficient (Wildman–Crippen LogP) is 2.45. The first-order valence-electron chi connectivity index (χ1n) is 3.15. The molecule has 0 bridgehead atoms. The minimum Gasteiger partial charge on any atom is -0.300 e. The molecule has 0 aliphatic carbocycles. The topological polar surface area (TPSA) is 17.1 Å². The van der Waals surface area contributed by atoms with Gasteiger partial charge in [0.1, 0.15) is 5.78 Å². The predicted molar refractivity (Wildman–Crippen MR) is 44.8 cm³/mol. The van der Waals surface area contributed by atoms with Gasteiger partial charge in [0.2, 0.25) is 0 Å². The fourth-order valence-corrected chi connectivity index (χ4v) is 1.21. The molecule has 0 aliphatic heterocycles. The van der Waals surface area contributed by atoms with Crippen molar-refractivity contribution in [3.05, 3.63) is 0 Å². The monoisotopic (exact) mass is 182 g/mol. The van der Waals surface area contributed by atoms with Gasteiger partial charge in [0.05, 0.1) is 0 Å². The molecule has 0 spiro atoms. The molecule has 0 saturated heterocycles. The Hall–Kier alpha value is 0.250. The van der Waals surface area contributed by atoms with E-state index in [0.717, 1.165) is 0 Å². The summed E-state index contributed by atoms with van der Waals surface area (Å²) < 4.78 is 0. The van der Waals surface area contributed by atoms with Gasteiger partial charge in [0, 0.05) is 23.6 Å². The molecule has 60 valence electrons. The van der Waals surface area contributed by atoms with Crippen LogP contribution in [0.4, 0.5) is 0 Å². The number of Topliss-reactive ketones (excluding diaryl/α,β-unsaturated/α-hetero) is 1. The smallest absolute Gasteiger partial charge is 0.130 e. The molecule has 0 aliphatic rings.